The van der Waals surface area contributed by atoms with Gasteiger partial charge >= 0.3 is 6.03 Å². The van der Waals surface area contributed by atoms with Gasteiger partial charge in [0.25, 0.3) is 0 Å². The first-order chi connectivity index (χ1) is 13.6. The Hall–Kier alpha value is -2.11. The van der Waals surface area contributed by atoms with Gasteiger partial charge in [0.05, 0.1) is 11.5 Å². The second-order valence-corrected chi connectivity index (χ2v) is 8.55. The fraction of sp³-hybridized carbons (Fsp3) is 0.636. The third-order valence-corrected chi connectivity index (χ3v) is 6.66. The molecule has 4 rings (SSSR count). The quantitative estimate of drug-likeness (QED) is 0.861. The van der Waals surface area contributed by atoms with Gasteiger partial charge < -0.3 is 15.1 Å². The molecule has 5 nitrogen and oxygen atoms in total. The zero-order valence-corrected chi connectivity index (χ0v) is 16.5. The van der Waals surface area contributed by atoms with E-state index in [0.29, 0.717) is 6.54 Å². The highest BCUT2D eigenvalue weighted by Crippen LogP contribution is 2.39. The number of rotatable bonds is 3. The van der Waals surface area contributed by atoms with Crippen LogP contribution in [0.1, 0.15) is 56.9 Å². The summed E-state index contributed by atoms with van der Waals surface area (Å²) in [5, 5.41) is 3.31. The maximum Gasteiger partial charge on any atom is 0.320 e. The third kappa shape index (κ3) is 3.87. The summed E-state index contributed by atoms with van der Waals surface area (Å²) in [7, 11) is 0. The van der Waals surface area contributed by atoms with Gasteiger partial charge in [-0.2, -0.15) is 0 Å². The van der Waals surface area contributed by atoms with E-state index in [1.165, 1.54) is 12.1 Å². The fourth-order valence-corrected chi connectivity index (χ4v) is 5.04. The van der Waals surface area contributed by atoms with Crippen LogP contribution < -0.4 is 5.32 Å². The van der Waals surface area contributed by atoms with Crippen LogP contribution in [0, 0.1) is 11.7 Å². The summed E-state index contributed by atoms with van der Waals surface area (Å²) in [5.41, 5.74) is 0.590. The molecular formula is C22H30FN3O2. The molecule has 152 valence electrons. The van der Waals surface area contributed by atoms with Gasteiger partial charge in [-0.05, 0) is 56.2 Å². The second kappa shape index (κ2) is 8.10. The number of hydrogen-bond donors (Lipinski definition) is 1. The molecule has 1 unspecified atom stereocenters. The Morgan fingerprint density at radius 2 is 1.57 bits per heavy atom. The number of benzene rings is 1. The van der Waals surface area contributed by atoms with Crippen molar-refractivity contribution < 1.29 is 14.0 Å². The van der Waals surface area contributed by atoms with Crippen LogP contribution in [0.25, 0.3) is 0 Å². The minimum Gasteiger partial charge on any atom is -0.346 e. The highest BCUT2D eigenvalue weighted by atomic mass is 19.1. The van der Waals surface area contributed by atoms with Crippen molar-refractivity contribution >= 4 is 11.9 Å². The molecule has 28 heavy (non-hydrogen) atoms. The van der Waals surface area contributed by atoms with Gasteiger partial charge in [0, 0.05) is 26.2 Å². The smallest absolute Gasteiger partial charge is 0.320 e. The molecule has 2 heterocycles. The Labute approximate surface area is 166 Å². The van der Waals surface area contributed by atoms with E-state index < -0.39 is 5.54 Å². The van der Waals surface area contributed by atoms with Crippen molar-refractivity contribution in [1.82, 2.24) is 15.1 Å². The number of nitrogens with zero attached hydrogens (tertiary/aromatic N) is 2. The van der Waals surface area contributed by atoms with Gasteiger partial charge in [0.2, 0.25) is 5.91 Å². The van der Waals surface area contributed by atoms with Crippen LogP contribution in [-0.2, 0) is 10.3 Å². The average Bonchev–Trinajstić information content (AvgIpc) is 3.41. The number of nitrogens with one attached hydrogen (secondary N) is 1. The molecule has 0 spiro atoms. The number of likely N-dealkylation sites (tertiary alicyclic amines) is 2. The van der Waals surface area contributed by atoms with E-state index in [0.717, 1.165) is 76.6 Å². The average molecular weight is 387 g/mol. The fourth-order valence-electron chi connectivity index (χ4n) is 5.04. The van der Waals surface area contributed by atoms with Crippen molar-refractivity contribution in [3.63, 3.8) is 0 Å². The first kappa shape index (κ1) is 19.2. The van der Waals surface area contributed by atoms with E-state index in [4.69, 9.17) is 0 Å². The summed E-state index contributed by atoms with van der Waals surface area (Å²) in [4.78, 5) is 29.6. The van der Waals surface area contributed by atoms with E-state index in [-0.39, 0.29) is 23.7 Å². The van der Waals surface area contributed by atoms with E-state index >= 15 is 0 Å². The zero-order valence-electron chi connectivity index (χ0n) is 16.5. The SMILES string of the molecule is O=C(NC1(c2ccc(F)cc2)CCCC1)C1CCCN(C(=O)N2CCCC2)C1. The zero-order chi connectivity index (χ0) is 19.6. The maximum atomic E-state index is 13.4. The van der Waals surface area contributed by atoms with Crippen LogP contribution >= 0.6 is 0 Å². The lowest BCUT2D eigenvalue weighted by Crippen LogP contribution is -2.52. The molecule has 0 radical (unpaired) electrons. The molecule has 1 aromatic carbocycles. The molecule has 2 aliphatic heterocycles. The monoisotopic (exact) mass is 387 g/mol. The topological polar surface area (TPSA) is 52.7 Å². The molecular weight excluding hydrogens is 357 g/mol. The van der Waals surface area contributed by atoms with Crippen LogP contribution in [0.3, 0.4) is 0 Å². The molecule has 1 aliphatic carbocycles. The Kier molecular flexibility index (Phi) is 5.56. The van der Waals surface area contributed by atoms with E-state index in [9.17, 15) is 14.0 Å². The number of urea groups is 1. The van der Waals surface area contributed by atoms with Crippen molar-refractivity contribution in [2.75, 3.05) is 26.2 Å². The molecule has 3 aliphatic rings. The standard InChI is InChI=1S/C22H30FN3O2/c23-19-9-7-18(8-10-19)22(11-1-2-12-22)24-20(27)17-6-5-15-26(16-17)21(28)25-13-3-4-14-25/h7-10,17H,1-6,11-16H2,(H,24,27). The summed E-state index contributed by atoms with van der Waals surface area (Å²) < 4.78 is 13.4. The first-order valence-corrected chi connectivity index (χ1v) is 10.7. The Bertz CT molecular complexity index is 709. The molecule has 0 aromatic heterocycles. The molecule has 1 atom stereocenters. The van der Waals surface area contributed by atoms with Crippen LogP contribution in [0.15, 0.2) is 24.3 Å². The van der Waals surface area contributed by atoms with Gasteiger partial charge in [-0.3, -0.25) is 4.79 Å². The summed E-state index contributed by atoms with van der Waals surface area (Å²) >= 11 is 0. The Morgan fingerprint density at radius 1 is 0.929 bits per heavy atom. The van der Waals surface area contributed by atoms with Gasteiger partial charge in [-0.25, -0.2) is 9.18 Å². The van der Waals surface area contributed by atoms with E-state index in [1.54, 1.807) is 12.1 Å². The molecule has 1 N–H and O–H groups in total. The number of amides is 3. The Balaban J connectivity index is 1.44. The van der Waals surface area contributed by atoms with Crippen LogP contribution in [-0.4, -0.2) is 47.9 Å². The van der Waals surface area contributed by atoms with E-state index in [2.05, 4.69) is 5.32 Å². The minimum atomic E-state index is -0.397. The largest absolute Gasteiger partial charge is 0.346 e. The second-order valence-electron chi connectivity index (χ2n) is 8.55. The van der Waals surface area contributed by atoms with Gasteiger partial charge in [-0.15, -0.1) is 0 Å². The molecule has 1 saturated carbocycles. The van der Waals surface area contributed by atoms with Crippen molar-refractivity contribution in [1.29, 1.82) is 0 Å². The molecule has 2 saturated heterocycles. The molecule has 6 heteroatoms. The highest BCUT2D eigenvalue weighted by Gasteiger charge is 2.40. The van der Waals surface area contributed by atoms with E-state index in [1.807, 2.05) is 9.80 Å². The molecule has 3 amide bonds. The van der Waals surface area contributed by atoms with Gasteiger partial charge in [0.1, 0.15) is 5.82 Å². The van der Waals surface area contributed by atoms with Gasteiger partial charge in [-0.1, -0.05) is 25.0 Å². The van der Waals surface area contributed by atoms with Gasteiger partial charge in [0.15, 0.2) is 0 Å². The van der Waals surface area contributed by atoms with Crippen LogP contribution in [0.2, 0.25) is 0 Å². The summed E-state index contributed by atoms with van der Waals surface area (Å²) in [6, 6.07) is 6.62. The maximum absolute atomic E-state index is 13.4. The van der Waals surface area contributed by atoms with Crippen LogP contribution in [0.4, 0.5) is 9.18 Å². The predicted molar refractivity (Wildman–Crippen MR) is 105 cm³/mol. The lowest BCUT2D eigenvalue weighted by molar-refractivity contribution is -0.128. The molecule has 0 bridgehead atoms. The normalized spacial score (nSPS) is 24.4. The molecule has 1 aromatic rings. The number of carbonyl (C=O) groups excluding carboxylic acids is 2. The lowest BCUT2D eigenvalue weighted by atomic mass is 9.86. The van der Waals surface area contributed by atoms with Crippen molar-refractivity contribution in [2.45, 2.75) is 56.9 Å². The summed E-state index contributed by atoms with van der Waals surface area (Å²) in [5.74, 6) is -0.394. The van der Waals surface area contributed by atoms with Crippen molar-refractivity contribution in [3.05, 3.63) is 35.6 Å². The number of carbonyl (C=O) groups is 2. The first-order valence-electron chi connectivity index (χ1n) is 10.7. The summed E-state index contributed by atoms with van der Waals surface area (Å²) in [6.07, 6.45) is 7.70. The van der Waals surface area contributed by atoms with Crippen molar-refractivity contribution in [2.24, 2.45) is 5.92 Å². The number of hydrogen-bond acceptors (Lipinski definition) is 2. The molecule has 3 fully saturated rings. The number of piperidine rings is 1. The van der Waals surface area contributed by atoms with Crippen molar-refractivity contribution in [3.8, 4) is 0 Å². The van der Waals surface area contributed by atoms with Crippen LogP contribution in [0.5, 0.6) is 0 Å². The predicted octanol–water partition coefficient (Wildman–Crippen LogP) is 3.64. The third-order valence-electron chi connectivity index (χ3n) is 6.66. The highest BCUT2D eigenvalue weighted by molar-refractivity contribution is 5.81. The number of halogens is 1. The lowest BCUT2D eigenvalue weighted by Gasteiger charge is -2.37. The Morgan fingerprint density at radius 3 is 2.25 bits per heavy atom. The minimum absolute atomic E-state index is 0.0325. The summed E-state index contributed by atoms with van der Waals surface area (Å²) in [6.45, 7) is 2.91.